The molecule has 0 fully saturated rings. The van der Waals surface area contributed by atoms with E-state index in [1.54, 1.807) is 84.9 Å². The average Bonchev–Trinajstić information content (AvgIpc) is 2.89. The summed E-state index contributed by atoms with van der Waals surface area (Å²) in [5.41, 5.74) is -0.636. The van der Waals surface area contributed by atoms with Crippen LogP contribution in [0.3, 0.4) is 0 Å². The molecule has 4 aromatic carbocycles. The molecule has 4 aromatic rings. The number of rotatable bonds is 8. The molecule has 0 heterocycles. The average molecular weight is 611 g/mol. The van der Waals surface area contributed by atoms with Crippen molar-refractivity contribution in [3.8, 4) is 11.5 Å². The standard InChI is InChI=1S/C27H20Cl2F3N2O3PS/c28-20-9-7-8-18(16-20)25(34-26(39)33-24-17-19(27(30,31)32)14-15-23(24)29)38(35,36-21-10-3-1-4-11-21)37-22-12-5-2-6-13-22/h1-17,25H,(H2,33,34,39). The van der Waals surface area contributed by atoms with Gasteiger partial charge >= 0.3 is 13.8 Å². The van der Waals surface area contributed by atoms with Crippen molar-refractivity contribution in [1.29, 1.82) is 0 Å². The van der Waals surface area contributed by atoms with Crippen LogP contribution in [0.25, 0.3) is 0 Å². The van der Waals surface area contributed by atoms with Crippen LogP contribution in [0.1, 0.15) is 16.9 Å². The van der Waals surface area contributed by atoms with E-state index in [4.69, 9.17) is 44.5 Å². The number of anilines is 1. The summed E-state index contributed by atoms with van der Waals surface area (Å²) >= 11 is 17.8. The summed E-state index contributed by atoms with van der Waals surface area (Å²) < 4.78 is 66.3. The minimum absolute atomic E-state index is 0.00397. The van der Waals surface area contributed by atoms with Crippen molar-refractivity contribution in [2.75, 3.05) is 5.32 Å². The van der Waals surface area contributed by atoms with Gasteiger partial charge in [0.1, 0.15) is 11.5 Å². The SMILES string of the molecule is O=P(Oc1ccccc1)(Oc1ccccc1)C(NC(=S)Nc1cc(C(F)(F)F)ccc1Cl)c1cccc(Cl)c1. The van der Waals surface area contributed by atoms with Crippen LogP contribution in [0.4, 0.5) is 18.9 Å². The van der Waals surface area contributed by atoms with E-state index in [0.717, 1.165) is 18.2 Å². The van der Waals surface area contributed by atoms with E-state index in [1.165, 1.54) is 0 Å². The number of hydrogen-bond acceptors (Lipinski definition) is 4. The summed E-state index contributed by atoms with van der Waals surface area (Å²) in [4.78, 5) is 0. The maximum atomic E-state index is 14.6. The van der Waals surface area contributed by atoms with Crippen molar-refractivity contribution in [3.63, 3.8) is 0 Å². The molecule has 0 saturated carbocycles. The van der Waals surface area contributed by atoms with Gasteiger partial charge in [0, 0.05) is 5.02 Å². The molecular weight excluding hydrogens is 591 g/mol. The maximum absolute atomic E-state index is 14.6. The van der Waals surface area contributed by atoms with Crippen molar-refractivity contribution in [1.82, 2.24) is 5.32 Å². The Hall–Kier alpha value is -3.23. The number of benzene rings is 4. The predicted octanol–water partition coefficient (Wildman–Crippen LogP) is 9.35. The smallest absolute Gasteiger partial charge is 0.414 e. The highest BCUT2D eigenvalue weighted by atomic mass is 35.5. The highest BCUT2D eigenvalue weighted by Crippen LogP contribution is 2.59. The first kappa shape index (κ1) is 28.8. The van der Waals surface area contributed by atoms with E-state index < -0.39 is 25.1 Å². The molecule has 2 N–H and O–H groups in total. The van der Waals surface area contributed by atoms with Crippen molar-refractivity contribution >= 4 is 53.8 Å². The summed E-state index contributed by atoms with van der Waals surface area (Å²) in [5, 5.41) is 5.69. The molecule has 0 aliphatic rings. The third-order valence-electron chi connectivity index (χ3n) is 5.24. The van der Waals surface area contributed by atoms with Crippen LogP contribution in [0.5, 0.6) is 11.5 Å². The zero-order valence-corrected chi connectivity index (χ0v) is 23.1. The summed E-state index contributed by atoms with van der Waals surface area (Å²) in [7, 11) is -4.23. The van der Waals surface area contributed by atoms with E-state index in [0.29, 0.717) is 10.6 Å². The third kappa shape index (κ3) is 7.67. The Morgan fingerprint density at radius 1 is 0.821 bits per heavy atom. The molecule has 0 saturated heterocycles. The fourth-order valence-corrected chi connectivity index (χ4v) is 6.05. The van der Waals surface area contributed by atoms with Gasteiger partial charge in [-0.1, -0.05) is 71.7 Å². The lowest BCUT2D eigenvalue weighted by molar-refractivity contribution is -0.137. The molecule has 39 heavy (non-hydrogen) atoms. The van der Waals surface area contributed by atoms with E-state index in [2.05, 4.69) is 10.6 Å². The first-order chi connectivity index (χ1) is 18.5. The van der Waals surface area contributed by atoms with Crippen LogP contribution >= 0.6 is 43.0 Å². The number of para-hydroxylation sites is 2. The Kier molecular flexibility index (Phi) is 9.08. The van der Waals surface area contributed by atoms with E-state index >= 15 is 0 Å². The van der Waals surface area contributed by atoms with Gasteiger partial charge in [0.05, 0.1) is 16.3 Å². The molecular formula is C27H20Cl2F3N2O3PS. The molecule has 0 aromatic heterocycles. The van der Waals surface area contributed by atoms with Crippen LogP contribution in [-0.4, -0.2) is 5.11 Å². The molecule has 4 rings (SSSR count). The second kappa shape index (κ2) is 12.3. The number of nitrogens with one attached hydrogen (secondary N) is 2. The van der Waals surface area contributed by atoms with Crippen LogP contribution in [-0.2, 0) is 10.7 Å². The first-order valence-corrected chi connectivity index (χ1v) is 14.1. The van der Waals surface area contributed by atoms with Crippen molar-refractivity contribution in [2.24, 2.45) is 0 Å². The number of hydrogen-bond donors (Lipinski definition) is 2. The third-order valence-corrected chi connectivity index (χ3v) is 8.02. The number of halogens is 5. The minimum Gasteiger partial charge on any atom is -0.414 e. The predicted molar refractivity (Wildman–Crippen MR) is 152 cm³/mol. The van der Waals surface area contributed by atoms with Crippen molar-refractivity contribution in [2.45, 2.75) is 12.0 Å². The van der Waals surface area contributed by atoms with Crippen LogP contribution in [0, 0.1) is 0 Å². The maximum Gasteiger partial charge on any atom is 0.457 e. The molecule has 12 heteroatoms. The molecule has 0 spiro atoms. The highest BCUT2D eigenvalue weighted by Gasteiger charge is 2.42. The number of alkyl halides is 3. The zero-order valence-electron chi connectivity index (χ0n) is 19.9. The minimum atomic E-state index is -4.60. The Balaban J connectivity index is 1.73. The molecule has 0 amide bonds. The van der Waals surface area contributed by atoms with Crippen LogP contribution in [0.15, 0.2) is 103 Å². The van der Waals surface area contributed by atoms with Gasteiger partial charge in [0.15, 0.2) is 10.9 Å². The summed E-state index contributed by atoms with van der Waals surface area (Å²) in [5.74, 6) is -0.739. The van der Waals surface area contributed by atoms with Gasteiger partial charge in [-0.3, -0.25) is 0 Å². The molecule has 1 unspecified atom stereocenters. The number of thiocarbonyl (C=S) groups is 1. The second-order valence-electron chi connectivity index (χ2n) is 8.10. The molecule has 0 radical (unpaired) electrons. The van der Waals surface area contributed by atoms with Gasteiger partial charge in [0.25, 0.3) is 0 Å². The van der Waals surface area contributed by atoms with Gasteiger partial charge in [-0.2, -0.15) is 13.2 Å². The van der Waals surface area contributed by atoms with E-state index in [-0.39, 0.29) is 27.3 Å². The second-order valence-corrected chi connectivity index (χ2v) is 11.3. The fraction of sp³-hybridized carbons (Fsp3) is 0.0741. The molecule has 5 nitrogen and oxygen atoms in total. The Morgan fingerprint density at radius 3 is 1.95 bits per heavy atom. The molecule has 0 aliphatic heterocycles. The van der Waals surface area contributed by atoms with Gasteiger partial charge in [-0.15, -0.1) is 0 Å². The topological polar surface area (TPSA) is 59.6 Å². The quantitative estimate of drug-likeness (QED) is 0.153. The van der Waals surface area contributed by atoms with Gasteiger partial charge in [-0.05, 0) is 72.4 Å². The van der Waals surface area contributed by atoms with E-state index in [1.807, 2.05) is 0 Å². The molecule has 0 bridgehead atoms. The normalized spacial score (nSPS) is 12.3. The van der Waals surface area contributed by atoms with Crippen LogP contribution < -0.4 is 19.7 Å². The van der Waals surface area contributed by atoms with Crippen molar-refractivity contribution in [3.05, 3.63) is 124 Å². The fourth-order valence-electron chi connectivity index (χ4n) is 3.48. The van der Waals surface area contributed by atoms with Crippen molar-refractivity contribution < 1.29 is 26.8 Å². The Labute approximate surface area is 238 Å². The summed E-state index contributed by atoms with van der Waals surface area (Å²) in [6.45, 7) is 0. The van der Waals surface area contributed by atoms with Gasteiger partial charge < -0.3 is 19.7 Å². The lowest BCUT2D eigenvalue weighted by Gasteiger charge is -2.29. The largest absolute Gasteiger partial charge is 0.457 e. The lowest BCUT2D eigenvalue weighted by atomic mass is 10.2. The Morgan fingerprint density at radius 2 is 1.41 bits per heavy atom. The molecule has 1 atom stereocenters. The van der Waals surface area contributed by atoms with Gasteiger partial charge in [-0.25, -0.2) is 4.57 Å². The van der Waals surface area contributed by atoms with Crippen LogP contribution in [0.2, 0.25) is 10.0 Å². The first-order valence-electron chi connectivity index (χ1n) is 11.3. The summed E-state index contributed by atoms with van der Waals surface area (Å²) in [6.07, 6.45) is -4.60. The lowest BCUT2D eigenvalue weighted by Crippen LogP contribution is -2.34. The highest BCUT2D eigenvalue weighted by molar-refractivity contribution is 7.80. The molecule has 202 valence electrons. The monoisotopic (exact) mass is 610 g/mol. The summed E-state index contributed by atoms with van der Waals surface area (Å²) in [6, 6.07) is 26.0. The zero-order chi connectivity index (χ0) is 28.0. The van der Waals surface area contributed by atoms with E-state index in [9.17, 15) is 17.7 Å². The Bertz CT molecular complexity index is 1450. The van der Waals surface area contributed by atoms with Gasteiger partial charge in [0.2, 0.25) is 0 Å². The molecule has 0 aliphatic carbocycles.